The SMILES string of the molecule is CC(C)(C)OC(=O)NC1=C=C=C=C1. The third-order valence-corrected chi connectivity index (χ3v) is 1.12. The summed E-state index contributed by atoms with van der Waals surface area (Å²) < 4.78 is 5.01. The Hall–Kier alpha value is -1.65. The van der Waals surface area contributed by atoms with Gasteiger partial charge in [-0.3, -0.25) is 5.32 Å². The van der Waals surface area contributed by atoms with Crippen molar-refractivity contribution < 1.29 is 9.53 Å². The molecule has 0 heterocycles. The van der Waals surface area contributed by atoms with Crippen LogP contribution in [0.1, 0.15) is 20.8 Å². The van der Waals surface area contributed by atoms with E-state index in [1.165, 1.54) is 0 Å². The number of carbonyl (C=O) groups is 1. The van der Waals surface area contributed by atoms with Crippen molar-refractivity contribution in [3.8, 4) is 0 Å². The van der Waals surface area contributed by atoms with Gasteiger partial charge in [0.05, 0.1) is 0 Å². The minimum Gasteiger partial charge on any atom is -0.444 e. The molecule has 1 aliphatic carbocycles. The summed E-state index contributed by atoms with van der Waals surface area (Å²) in [6.45, 7) is 5.42. The van der Waals surface area contributed by atoms with Gasteiger partial charge in [-0.1, -0.05) is 5.73 Å². The van der Waals surface area contributed by atoms with Crippen LogP contribution in [0.3, 0.4) is 0 Å². The third kappa shape index (κ3) is 3.50. The highest BCUT2D eigenvalue weighted by Gasteiger charge is 2.16. The molecule has 68 valence electrons. The van der Waals surface area contributed by atoms with E-state index in [0.717, 1.165) is 0 Å². The van der Waals surface area contributed by atoms with E-state index in [-0.39, 0.29) is 0 Å². The fourth-order valence-corrected chi connectivity index (χ4v) is 0.729. The first-order chi connectivity index (χ1) is 5.97. The summed E-state index contributed by atoms with van der Waals surface area (Å²) in [6.07, 6.45) is 1.08. The number of allylic oxidation sites excluding steroid dienone is 1. The minimum absolute atomic E-state index is 0.482. The molecule has 1 aliphatic rings. The van der Waals surface area contributed by atoms with Crippen LogP contribution >= 0.6 is 0 Å². The van der Waals surface area contributed by atoms with Crippen LogP contribution in [0.25, 0.3) is 0 Å². The number of rotatable bonds is 1. The molecule has 0 spiro atoms. The largest absolute Gasteiger partial charge is 0.444 e. The summed E-state index contributed by atoms with van der Waals surface area (Å²) in [5.74, 6) is 0. The average Bonchev–Trinajstić information content (AvgIpc) is 2.34. The minimum atomic E-state index is -0.489. The van der Waals surface area contributed by atoms with Gasteiger partial charge in [-0.05, 0) is 32.2 Å². The molecule has 13 heavy (non-hydrogen) atoms. The molecule has 0 unspecified atom stereocenters. The Morgan fingerprint density at radius 1 is 1.54 bits per heavy atom. The van der Waals surface area contributed by atoms with Crippen LogP contribution in [-0.4, -0.2) is 11.7 Å². The van der Waals surface area contributed by atoms with E-state index in [1.807, 2.05) is 0 Å². The fraction of sp³-hybridized carbons (Fsp3) is 0.400. The van der Waals surface area contributed by atoms with Crippen molar-refractivity contribution in [1.29, 1.82) is 0 Å². The molecule has 0 aromatic rings. The van der Waals surface area contributed by atoms with Crippen LogP contribution in [0.15, 0.2) is 29.0 Å². The molecule has 0 aliphatic heterocycles. The first-order valence-electron chi connectivity index (χ1n) is 3.94. The molecule has 3 heteroatoms. The van der Waals surface area contributed by atoms with E-state index in [4.69, 9.17) is 4.74 Å². The Bertz CT molecular complexity index is 355. The second kappa shape index (κ2) is 3.38. The molecule has 0 radical (unpaired) electrons. The first kappa shape index (κ1) is 9.44. The topological polar surface area (TPSA) is 38.3 Å². The van der Waals surface area contributed by atoms with Crippen molar-refractivity contribution in [2.24, 2.45) is 0 Å². The van der Waals surface area contributed by atoms with Crippen LogP contribution < -0.4 is 5.32 Å². The number of nitrogens with one attached hydrogen (secondary N) is 1. The van der Waals surface area contributed by atoms with Gasteiger partial charge in [-0.2, -0.15) is 0 Å². The zero-order chi connectivity index (χ0) is 9.90. The second-order valence-corrected chi connectivity index (χ2v) is 3.58. The number of alkyl carbamates (subject to hydrolysis) is 1. The molecule has 1 rings (SSSR count). The lowest BCUT2D eigenvalue weighted by Gasteiger charge is -2.19. The van der Waals surface area contributed by atoms with Crippen molar-refractivity contribution in [3.63, 3.8) is 0 Å². The van der Waals surface area contributed by atoms with Crippen molar-refractivity contribution in [2.45, 2.75) is 26.4 Å². The molecule has 0 saturated heterocycles. The number of ether oxygens (including phenoxy) is 1. The van der Waals surface area contributed by atoms with Gasteiger partial charge >= 0.3 is 6.09 Å². The standard InChI is InChI=1S/C10H11NO2/c1-10(2,3)13-9(12)11-8-6-4-5-7-8/h6H,1-3H3,(H,11,12). The predicted molar refractivity (Wildman–Crippen MR) is 48.0 cm³/mol. The lowest BCUT2D eigenvalue weighted by atomic mass is 10.2. The molecule has 3 nitrogen and oxygen atoms in total. The van der Waals surface area contributed by atoms with Crippen molar-refractivity contribution in [2.75, 3.05) is 0 Å². The smallest absolute Gasteiger partial charge is 0.412 e. The average molecular weight is 177 g/mol. The quantitative estimate of drug-likeness (QED) is 0.621. The Labute approximate surface area is 77.1 Å². The van der Waals surface area contributed by atoms with Crippen LogP contribution in [-0.2, 0) is 4.74 Å². The summed E-state index contributed by atoms with van der Waals surface area (Å²) in [5, 5.41) is 2.50. The van der Waals surface area contributed by atoms with E-state index < -0.39 is 11.7 Å². The Balaban J connectivity index is 2.44. The van der Waals surface area contributed by atoms with Gasteiger partial charge in [-0.15, -0.1) is 0 Å². The highest BCUT2D eigenvalue weighted by Crippen LogP contribution is 2.07. The molecule has 0 saturated carbocycles. The summed E-state index contributed by atoms with van der Waals surface area (Å²) in [6, 6.07) is 0. The maximum absolute atomic E-state index is 11.1. The first-order valence-corrected chi connectivity index (χ1v) is 3.94. The lowest BCUT2D eigenvalue weighted by molar-refractivity contribution is 0.0548. The lowest BCUT2D eigenvalue weighted by Crippen LogP contribution is -2.31. The molecule has 0 aromatic heterocycles. The van der Waals surface area contributed by atoms with Crippen LogP contribution in [0.2, 0.25) is 0 Å². The highest BCUT2D eigenvalue weighted by molar-refractivity contribution is 5.70. The third-order valence-electron chi connectivity index (χ3n) is 1.12. The van der Waals surface area contributed by atoms with Gasteiger partial charge in [-0.25, -0.2) is 4.79 Å². The van der Waals surface area contributed by atoms with Gasteiger partial charge in [0.1, 0.15) is 11.3 Å². The Morgan fingerprint density at radius 3 is 2.69 bits per heavy atom. The van der Waals surface area contributed by atoms with Gasteiger partial charge < -0.3 is 4.74 Å². The summed E-state index contributed by atoms with van der Waals surface area (Å²) >= 11 is 0. The predicted octanol–water partition coefficient (Wildman–Crippen LogP) is 1.87. The van der Waals surface area contributed by atoms with Crippen LogP contribution in [0, 0.1) is 0 Å². The second-order valence-electron chi connectivity index (χ2n) is 3.58. The van der Waals surface area contributed by atoms with Gasteiger partial charge in [0.2, 0.25) is 0 Å². The van der Waals surface area contributed by atoms with Gasteiger partial charge in [0, 0.05) is 6.08 Å². The maximum Gasteiger partial charge on any atom is 0.412 e. The maximum atomic E-state index is 11.1. The highest BCUT2D eigenvalue weighted by atomic mass is 16.6. The van der Waals surface area contributed by atoms with Gasteiger partial charge in [0.25, 0.3) is 0 Å². The summed E-state index contributed by atoms with van der Waals surface area (Å²) in [4.78, 5) is 11.1. The zero-order valence-corrected chi connectivity index (χ0v) is 7.89. The van der Waals surface area contributed by atoms with Crippen LogP contribution in [0.4, 0.5) is 4.79 Å². The Morgan fingerprint density at radius 2 is 2.23 bits per heavy atom. The summed E-state index contributed by atoms with van der Waals surface area (Å²) in [5.41, 5.74) is 7.93. The Kier molecular flexibility index (Phi) is 2.46. The van der Waals surface area contributed by atoms with Crippen molar-refractivity contribution >= 4 is 6.09 Å². The van der Waals surface area contributed by atoms with E-state index in [9.17, 15) is 4.79 Å². The van der Waals surface area contributed by atoms with E-state index in [1.54, 1.807) is 26.8 Å². The normalized spacial score (nSPS) is 13.0. The molecular weight excluding hydrogens is 166 g/mol. The molecular formula is C10H11NO2. The molecule has 0 fully saturated rings. The molecule has 0 bridgehead atoms. The molecule has 1 N–H and O–H groups in total. The molecule has 0 atom stereocenters. The molecule has 0 aromatic carbocycles. The number of hydrogen-bond acceptors (Lipinski definition) is 2. The molecule has 1 amide bonds. The number of amides is 1. The van der Waals surface area contributed by atoms with E-state index in [2.05, 4.69) is 22.5 Å². The monoisotopic (exact) mass is 177 g/mol. The van der Waals surface area contributed by atoms with E-state index in [0.29, 0.717) is 5.70 Å². The van der Waals surface area contributed by atoms with Crippen molar-refractivity contribution in [3.05, 3.63) is 29.0 Å². The number of hydrogen-bond donors (Lipinski definition) is 1. The fourth-order valence-electron chi connectivity index (χ4n) is 0.729. The summed E-state index contributed by atoms with van der Waals surface area (Å²) in [7, 11) is 0. The van der Waals surface area contributed by atoms with E-state index >= 15 is 0 Å². The van der Waals surface area contributed by atoms with Gasteiger partial charge in [0.15, 0.2) is 0 Å². The number of carbonyl (C=O) groups excluding carboxylic acids is 1. The zero-order valence-electron chi connectivity index (χ0n) is 7.89. The van der Waals surface area contributed by atoms with Crippen molar-refractivity contribution in [1.82, 2.24) is 5.32 Å². The van der Waals surface area contributed by atoms with Crippen LogP contribution in [0.5, 0.6) is 0 Å².